The summed E-state index contributed by atoms with van der Waals surface area (Å²) in [4.78, 5) is 16.1. The van der Waals surface area contributed by atoms with Crippen molar-refractivity contribution in [2.75, 3.05) is 33.3 Å². The number of carbonyl (C=O) groups is 1. The molecular formula is C17H25FN2O3. The minimum absolute atomic E-state index is 0.138. The highest BCUT2D eigenvalue weighted by molar-refractivity contribution is 5.76. The Morgan fingerprint density at radius 3 is 2.65 bits per heavy atom. The lowest BCUT2D eigenvalue weighted by molar-refractivity contribution is -0.145. The number of likely N-dealkylation sites (N-methyl/N-ethyl adjacent to an activating group) is 1. The Hall–Kier alpha value is -1.66. The first-order chi connectivity index (χ1) is 10.8. The highest BCUT2D eigenvalue weighted by Gasteiger charge is 2.39. The summed E-state index contributed by atoms with van der Waals surface area (Å²) in [5.41, 5.74) is 0.224. The third-order valence-corrected chi connectivity index (χ3v) is 4.57. The number of hydrogen-bond donors (Lipinski definition) is 1. The van der Waals surface area contributed by atoms with Crippen LogP contribution in [0.4, 0.5) is 4.39 Å². The van der Waals surface area contributed by atoms with Crippen molar-refractivity contribution in [1.29, 1.82) is 0 Å². The van der Waals surface area contributed by atoms with Crippen LogP contribution in [0.3, 0.4) is 0 Å². The van der Waals surface area contributed by atoms with Crippen LogP contribution < -0.4 is 4.74 Å². The van der Waals surface area contributed by atoms with Crippen molar-refractivity contribution in [2.24, 2.45) is 0 Å². The molecule has 23 heavy (non-hydrogen) atoms. The quantitative estimate of drug-likeness (QED) is 0.901. The predicted molar refractivity (Wildman–Crippen MR) is 86.2 cm³/mol. The van der Waals surface area contributed by atoms with Crippen molar-refractivity contribution in [3.8, 4) is 5.75 Å². The molecule has 0 unspecified atom stereocenters. The van der Waals surface area contributed by atoms with E-state index in [0.29, 0.717) is 24.4 Å². The average Bonchev–Trinajstić information content (AvgIpc) is 2.46. The second kappa shape index (κ2) is 6.84. The number of carboxylic acids is 1. The molecule has 1 aliphatic heterocycles. The molecule has 1 aromatic carbocycles. The molecule has 1 N–H and O–H groups in total. The number of ether oxygens (including phenoxy) is 1. The number of hydrogen-bond acceptors (Lipinski definition) is 4. The summed E-state index contributed by atoms with van der Waals surface area (Å²) in [6.07, 6.45) is 0. The van der Waals surface area contributed by atoms with E-state index >= 15 is 0 Å². The van der Waals surface area contributed by atoms with Crippen LogP contribution in [0.2, 0.25) is 0 Å². The highest BCUT2D eigenvalue weighted by Crippen LogP contribution is 2.33. The van der Waals surface area contributed by atoms with Gasteiger partial charge in [0.25, 0.3) is 0 Å². The van der Waals surface area contributed by atoms with Gasteiger partial charge in [0.05, 0.1) is 7.11 Å². The number of aliphatic carboxylic acids is 1. The highest BCUT2D eigenvalue weighted by atomic mass is 19.1. The zero-order chi connectivity index (χ0) is 17.2. The number of benzene rings is 1. The molecule has 1 aromatic rings. The minimum atomic E-state index is -0.991. The zero-order valence-corrected chi connectivity index (χ0v) is 14.2. The van der Waals surface area contributed by atoms with E-state index in [1.165, 1.54) is 25.3 Å². The average molecular weight is 324 g/mol. The van der Waals surface area contributed by atoms with Crippen molar-refractivity contribution in [1.82, 2.24) is 9.80 Å². The van der Waals surface area contributed by atoms with Crippen molar-refractivity contribution < 1.29 is 19.0 Å². The van der Waals surface area contributed by atoms with Crippen LogP contribution in [0, 0.1) is 5.82 Å². The van der Waals surface area contributed by atoms with Crippen molar-refractivity contribution in [3.63, 3.8) is 0 Å². The monoisotopic (exact) mass is 324 g/mol. The van der Waals surface area contributed by atoms with Gasteiger partial charge in [-0.3, -0.25) is 14.6 Å². The second-order valence-electron chi connectivity index (χ2n) is 6.49. The van der Waals surface area contributed by atoms with Crippen LogP contribution in [0.25, 0.3) is 0 Å². The lowest BCUT2D eigenvalue weighted by Crippen LogP contribution is -2.60. The molecule has 2 rings (SSSR count). The summed E-state index contributed by atoms with van der Waals surface area (Å²) >= 11 is 0. The van der Waals surface area contributed by atoms with E-state index in [-0.39, 0.29) is 5.54 Å². The first-order valence-electron chi connectivity index (χ1n) is 7.85. The van der Waals surface area contributed by atoms with Crippen molar-refractivity contribution >= 4 is 5.97 Å². The number of carboxylic acid groups (broad SMARTS) is 1. The molecule has 1 heterocycles. The van der Waals surface area contributed by atoms with Gasteiger partial charge in [-0.1, -0.05) is 6.92 Å². The van der Waals surface area contributed by atoms with Gasteiger partial charge in [-0.15, -0.1) is 0 Å². The van der Waals surface area contributed by atoms with E-state index in [1.54, 1.807) is 0 Å². The fourth-order valence-electron chi connectivity index (χ4n) is 3.44. The molecule has 0 saturated carbocycles. The molecule has 5 nitrogen and oxygen atoms in total. The Kier molecular flexibility index (Phi) is 5.26. The van der Waals surface area contributed by atoms with Gasteiger partial charge in [0.1, 0.15) is 17.6 Å². The fourth-order valence-corrected chi connectivity index (χ4v) is 3.44. The molecule has 0 amide bonds. The van der Waals surface area contributed by atoms with E-state index in [9.17, 15) is 14.3 Å². The Labute approximate surface area is 136 Å². The smallest absolute Gasteiger partial charge is 0.325 e. The summed E-state index contributed by atoms with van der Waals surface area (Å²) in [5, 5.41) is 9.75. The molecular weight excluding hydrogens is 299 g/mol. The molecule has 0 aromatic heterocycles. The maximum Gasteiger partial charge on any atom is 0.325 e. The van der Waals surface area contributed by atoms with Gasteiger partial charge in [0.15, 0.2) is 0 Å². The zero-order valence-electron chi connectivity index (χ0n) is 14.2. The number of halogens is 1. The molecule has 1 atom stereocenters. The van der Waals surface area contributed by atoms with E-state index in [1.807, 2.05) is 4.90 Å². The van der Waals surface area contributed by atoms with Gasteiger partial charge in [-0.25, -0.2) is 4.39 Å². The molecule has 0 bridgehead atoms. The lowest BCUT2D eigenvalue weighted by atomic mass is 9.95. The standard InChI is InChI=1S/C17H25FN2O3/c1-5-20-9-8-19(11-17(20,2)3)15(16(21)22)13-10-12(18)6-7-14(13)23-4/h6-7,10,15H,5,8-9,11H2,1-4H3,(H,21,22)/t15-/m1/s1. The molecule has 0 spiro atoms. The molecule has 6 heteroatoms. The predicted octanol–water partition coefficient (Wildman–Crippen LogP) is 2.38. The summed E-state index contributed by atoms with van der Waals surface area (Å²) < 4.78 is 18.9. The van der Waals surface area contributed by atoms with Gasteiger partial charge in [0, 0.05) is 30.7 Å². The van der Waals surface area contributed by atoms with Crippen LogP contribution in [-0.2, 0) is 4.79 Å². The Bertz CT molecular complexity index is 577. The lowest BCUT2D eigenvalue weighted by Gasteiger charge is -2.48. The number of rotatable bonds is 5. The van der Waals surface area contributed by atoms with Crippen LogP contribution in [0.15, 0.2) is 18.2 Å². The largest absolute Gasteiger partial charge is 0.496 e. The third-order valence-electron chi connectivity index (χ3n) is 4.57. The molecule has 0 aliphatic carbocycles. The van der Waals surface area contributed by atoms with Gasteiger partial charge in [0.2, 0.25) is 0 Å². The SMILES string of the molecule is CCN1CCN([C@@H](C(=O)O)c2cc(F)ccc2OC)CC1(C)C. The van der Waals surface area contributed by atoms with Gasteiger partial charge < -0.3 is 9.84 Å². The second-order valence-corrected chi connectivity index (χ2v) is 6.49. The third kappa shape index (κ3) is 3.64. The maximum absolute atomic E-state index is 13.7. The summed E-state index contributed by atoms with van der Waals surface area (Å²) in [5.74, 6) is -1.05. The molecule has 128 valence electrons. The normalized spacial score (nSPS) is 20.2. The summed E-state index contributed by atoms with van der Waals surface area (Å²) in [6.45, 7) is 9.22. The fraction of sp³-hybridized carbons (Fsp3) is 0.588. The topological polar surface area (TPSA) is 53.0 Å². The Morgan fingerprint density at radius 1 is 1.43 bits per heavy atom. The molecule has 0 radical (unpaired) electrons. The Balaban J connectivity index is 2.37. The van der Waals surface area contributed by atoms with Crippen LogP contribution >= 0.6 is 0 Å². The van der Waals surface area contributed by atoms with Crippen molar-refractivity contribution in [2.45, 2.75) is 32.4 Å². The van der Waals surface area contributed by atoms with Gasteiger partial charge in [-0.2, -0.15) is 0 Å². The van der Waals surface area contributed by atoms with Gasteiger partial charge in [-0.05, 0) is 38.6 Å². The summed E-state index contributed by atoms with van der Waals surface area (Å²) in [7, 11) is 1.47. The van der Waals surface area contributed by atoms with E-state index in [4.69, 9.17) is 4.74 Å². The molecule has 1 fully saturated rings. The number of methoxy groups -OCH3 is 1. The van der Waals surface area contributed by atoms with Gasteiger partial charge >= 0.3 is 5.97 Å². The van der Waals surface area contributed by atoms with E-state index in [0.717, 1.165) is 13.1 Å². The van der Waals surface area contributed by atoms with E-state index in [2.05, 4.69) is 25.7 Å². The van der Waals surface area contributed by atoms with E-state index < -0.39 is 17.8 Å². The van der Waals surface area contributed by atoms with Crippen LogP contribution in [0.5, 0.6) is 5.75 Å². The molecule has 1 aliphatic rings. The number of nitrogens with zero attached hydrogens (tertiary/aromatic N) is 2. The van der Waals surface area contributed by atoms with Crippen molar-refractivity contribution in [3.05, 3.63) is 29.6 Å². The van der Waals surface area contributed by atoms with Crippen LogP contribution in [-0.4, -0.2) is 59.7 Å². The first-order valence-corrected chi connectivity index (χ1v) is 7.85. The Morgan fingerprint density at radius 2 is 2.13 bits per heavy atom. The maximum atomic E-state index is 13.7. The first kappa shape index (κ1) is 17.7. The minimum Gasteiger partial charge on any atom is -0.496 e. The molecule has 1 saturated heterocycles. The number of piperazine rings is 1. The summed E-state index contributed by atoms with van der Waals surface area (Å²) in [6, 6.07) is 3.10. The van der Waals surface area contributed by atoms with Crippen LogP contribution in [0.1, 0.15) is 32.4 Å².